The maximum absolute atomic E-state index is 11.6. The number of carboxylic acid groups (broad SMARTS) is 1. The third-order valence-corrected chi connectivity index (χ3v) is 6.83. The highest BCUT2D eigenvalue weighted by molar-refractivity contribution is 9.09. The molecule has 10 heteroatoms. The zero-order valence-electron chi connectivity index (χ0n) is 15.4. The van der Waals surface area contributed by atoms with E-state index in [1.54, 1.807) is 11.8 Å². The smallest absolute Gasteiger partial charge is 0.407 e. The van der Waals surface area contributed by atoms with Crippen molar-refractivity contribution in [1.29, 1.82) is 0 Å². The number of carbonyl (C=O) groups is 1. The van der Waals surface area contributed by atoms with Gasteiger partial charge in [0.2, 0.25) is 0 Å². The zero-order valence-corrected chi connectivity index (χ0v) is 18.6. The van der Waals surface area contributed by atoms with E-state index in [1.165, 1.54) is 36.3 Å². The normalized spacial score (nSPS) is 12.4. The minimum absolute atomic E-state index is 0.0769. The number of thioether (sulfide) groups is 1. The van der Waals surface area contributed by atoms with Crippen LogP contribution in [0.3, 0.4) is 0 Å². The molecule has 0 radical (unpaired) electrons. The Morgan fingerprint density at radius 3 is 2.71 bits per heavy atom. The molecular formula is C18H25BrN2O5S2. The Balaban J connectivity index is 1.89. The van der Waals surface area contributed by atoms with E-state index >= 15 is 0 Å². The molecule has 0 saturated carbocycles. The number of aliphatic hydroxyl groups excluding tert-OH is 1. The lowest BCUT2D eigenvalue weighted by molar-refractivity contribution is 0.100. The first-order chi connectivity index (χ1) is 13.4. The molecule has 2 aromatic rings. The number of H-pyrrole nitrogens is 1. The van der Waals surface area contributed by atoms with Gasteiger partial charge >= 0.3 is 11.0 Å². The van der Waals surface area contributed by atoms with E-state index in [4.69, 9.17) is 0 Å². The van der Waals surface area contributed by atoms with Crippen LogP contribution in [0.25, 0.3) is 10.2 Å². The highest BCUT2D eigenvalue weighted by Gasteiger charge is 2.21. The van der Waals surface area contributed by atoms with Crippen LogP contribution in [0.15, 0.2) is 16.9 Å². The molecule has 156 valence electrons. The largest absolute Gasteiger partial charge is 0.506 e. The van der Waals surface area contributed by atoms with Gasteiger partial charge in [-0.2, -0.15) is 11.8 Å². The van der Waals surface area contributed by atoms with Crippen LogP contribution in [0.1, 0.15) is 37.4 Å². The number of alkyl halides is 1. The predicted octanol–water partition coefficient (Wildman–Crippen LogP) is 4.00. The van der Waals surface area contributed by atoms with Crippen LogP contribution in [0.5, 0.6) is 5.75 Å². The minimum Gasteiger partial charge on any atom is -0.506 e. The quantitative estimate of drug-likeness (QED) is 0.263. The number of aliphatic hydroxyl groups is 1. The van der Waals surface area contributed by atoms with Gasteiger partial charge in [-0.3, -0.25) is 4.79 Å². The van der Waals surface area contributed by atoms with E-state index in [2.05, 4.69) is 20.9 Å². The van der Waals surface area contributed by atoms with Crippen LogP contribution >= 0.6 is 39.0 Å². The fourth-order valence-electron chi connectivity index (χ4n) is 2.80. The maximum atomic E-state index is 11.6. The van der Waals surface area contributed by atoms with Gasteiger partial charge < -0.3 is 25.2 Å². The number of hydrogen-bond donors (Lipinski definition) is 4. The van der Waals surface area contributed by atoms with Crippen molar-refractivity contribution in [2.75, 3.05) is 29.9 Å². The van der Waals surface area contributed by atoms with Crippen LogP contribution in [-0.2, 0) is 0 Å². The van der Waals surface area contributed by atoms with Gasteiger partial charge in [0.1, 0.15) is 11.3 Å². The van der Waals surface area contributed by atoms with Crippen LogP contribution in [0.4, 0.5) is 4.79 Å². The number of benzene rings is 1. The summed E-state index contributed by atoms with van der Waals surface area (Å²) in [5, 5.41) is 30.9. The van der Waals surface area contributed by atoms with E-state index in [0.29, 0.717) is 22.6 Å². The van der Waals surface area contributed by atoms with Crippen LogP contribution in [-0.4, -0.2) is 61.2 Å². The summed E-state index contributed by atoms with van der Waals surface area (Å²) in [6.45, 7) is 0.232. The zero-order chi connectivity index (χ0) is 20.5. The van der Waals surface area contributed by atoms with Gasteiger partial charge in [-0.05, 0) is 24.7 Å². The lowest BCUT2D eigenvalue weighted by atomic mass is 10.1. The second-order valence-corrected chi connectivity index (χ2v) is 9.35. The number of nitrogens with zero attached hydrogens (tertiary/aromatic N) is 1. The summed E-state index contributed by atoms with van der Waals surface area (Å²) in [5.74, 6) is 1.58. The first kappa shape index (κ1) is 23.1. The molecule has 0 spiro atoms. The molecule has 0 fully saturated rings. The highest BCUT2D eigenvalue weighted by atomic mass is 79.9. The summed E-state index contributed by atoms with van der Waals surface area (Å²) in [6.07, 6.45) is 2.50. The Morgan fingerprint density at radius 2 is 2.00 bits per heavy atom. The van der Waals surface area contributed by atoms with Gasteiger partial charge in [-0.15, -0.1) is 0 Å². The average molecular weight is 493 g/mol. The summed E-state index contributed by atoms with van der Waals surface area (Å²) in [6, 6.07) is 2.91. The molecule has 0 aliphatic heterocycles. The summed E-state index contributed by atoms with van der Waals surface area (Å²) in [5.41, 5.74) is 0.700. The molecule has 1 unspecified atom stereocenters. The maximum Gasteiger partial charge on any atom is 0.407 e. The highest BCUT2D eigenvalue weighted by Crippen LogP contribution is 2.31. The number of amides is 1. The standard InChI is InChI=1S/C18H25BrN2O5S2/c19-7-3-1-2-4-9-27-10-8-21(18(25)26)11-14(23)12-5-6-13(22)15-16(12)28-17(24)20-15/h5-6,14,22-23H,1-4,7-11H2,(H,20,24)(H,25,26). The number of aromatic hydroxyl groups is 1. The molecule has 4 N–H and O–H groups in total. The Morgan fingerprint density at radius 1 is 1.25 bits per heavy atom. The molecule has 1 amide bonds. The number of nitrogens with one attached hydrogen (secondary N) is 1. The third-order valence-electron chi connectivity index (χ3n) is 4.29. The summed E-state index contributed by atoms with van der Waals surface area (Å²) in [7, 11) is 0. The van der Waals surface area contributed by atoms with Crippen molar-refractivity contribution in [2.24, 2.45) is 0 Å². The van der Waals surface area contributed by atoms with Gasteiger partial charge in [-0.25, -0.2) is 4.79 Å². The molecule has 28 heavy (non-hydrogen) atoms. The topological polar surface area (TPSA) is 114 Å². The third kappa shape index (κ3) is 6.68. The molecule has 1 aromatic heterocycles. The predicted molar refractivity (Wildman–Crippen MR) is 118 cm³/mol. The molecule has 7 nitrogen and oxygen atoms in total. The van der Waals surface area contributed by atoms with Gasteiger partial charge in [0.15, 0.2) is 0 Å². The fourth-order valence-corrected chi connectivity index (χ4v) is 5.08. The number of aromatic nitrogens is 1. The first-order valence-corrected chi connectivity index (χ1v) is 12.2. The lowest BCUT2D eigenvalue weighted by Gasteiger charge is -2.23. The minimum atomic E-state index is -1.09. The molecule has 0 bridgehead atoms. The Kier molecular flexibility index (Phi) is 9.63. The summed E-state index contributed by atoms with van der Waals surface area (Å²) >= 11 is 6.01. The monoisotopic (exact) mass is 492 g/mol. The van der Waals surface area contributed by atoms with Crippen molar-refractivity contribution in [3.63, 3.8) is 0 Å². The van der Waals surface area contributed by atoms with Crippen molar-refractivity contribution >= 4 is 55.3 Å². The number of rotatable bonds is 12. The Hall–Kier alpha value is -1.23. The van der Waals surface area contributed by atoms with Crippen molar-refractivity contribution in [3.05, 3.63) is 27.4 Å². The Labute approximate surface area is 179 Å². The van der Waals surface area contributed by atoms with Crippen LogP contribution in [0.2, 0.25) is 0 Å². The summed E-state index contributed by atoms with van der Waals surface area (Å²) in [4.78, 5) is 26.5. The van der Waals surface area contributed by atoms with Crippen molar-refractivity contribution < 1.29 is 20.1 Å². The van der Waals surface area contributed by atoms with E-state index in [-0.39, 0.29) is 22.7 Å². The number of aromatic amines is 1. The molecule has 1 aromatic carbocycles. The number of phenolic OH excluding ortho intramolecular Hbond substituents is 1. The Bertz CT molecular complexity index is 826. The fraction of sp³-hybridized carbons (Fsp3) is 0.556. The second-order valence-electron chi connectivity index (χ2n) is 6.35. The number of phenols is 1. The molecule has 0 aliphatic carbocycles. The van der Waals surface area contributed by atoms with Gasteiger partial charge in [0.25, 0.3) is 0 Å². The number of thiazole rings is 1. The summed E-state index contributed by atoms with van der Waals surface area (Å²) < 4.78 is 0.445. The number of hydrogen-bond acceptors (Lipinski definition) is 6. The van der Waals surface area contributed by atoms with Crippen molar-refractivity contribution in [3.8, 4) is 5.75 Å². The number of unbranched alkanes of at least 4 members (excludes halogenated alkanes) is 3. The number of fused-ring (bicyclic) bond motifs is 1. The SMILES string of the molecule is O=C(O)N(CCSCCCCCCBr)CC(O)c1ccc(O)c2[nH]c(=O)sc12. The van der Waals surface area contributed by atoms with E-state index in [1.807, 2.05) is 0 Å². The molecular weight excluding hydrogens is 468 g/mol. The van der Waals surface area contributed by atoms with Gasteiger partial charge in [-0.1, -0.05) is 46.2 Å². The lowest BCUT2D eigenvalue weighted by Crippen LogP contribution is -2.35. The van der Waals surface area contributed by atoms with E-state index in [9.17, 15) is 24.9 Å². The van der Waals surface area contributed by atoms with Crippen molar-refractivity contribution in [1.82, 2.24) is 9.88 Å². The molecule has 2 rings (SSSR count). The average Bonchev–Trinajstić information content (AvgIpc) is 3.05. The number of halogens is 1. The van der Waals surface area contributed by atoms with E-state index < -0.39 is 12.2 Å². The molecule has 1 atom stereocenters. The molecule has 1 heterocycles. The van der Waals surface area contributed by atoms with Gasteiger partial charge in [0, 0.05) is 23.2 Å². The van der Waals surface area contributed by atoms with Crippen molar-refractivity contribution in [2.45, 2.75) is 31.8 Å². The molecule has 0 aliphatic rings. The van der Waals surface area contributed by atoms with Gasteiger partial charge in [0.05, 0.1) is 17.3 Å². The molecule has 0 saturated heterocycles. The van der Waals surface area contributed by atoms with Crippen LogP contribution < -0.4 is 4.87 Å². The second kappa shape index (κ2) is 11.7. The first-order valence-electron chi connectivity index (χ1n) is 9.08. The van der Waals surface area contributed by atoms with Crippen LogP contribution in [0, 0.1) is 0 Å². The van der Waals surface area contributed by atoms with E-state index in [0.717, 1.165) is 28.8 Å².